The van der Waals surface area contributed by atoms with E-state index in [1.165, 1.54) is 4.90 Å². The van der Waals surface area contributed by atoms with Crippen LogP contribution in [0.3, 0.4) is 0 Å². The number of amides is 2. The number of methoxy groups -OCH3 is 1. The lowest BCUT2D eigenvalue weighted by Gasteiger charge is -2.16. The number of carbonyl (C=O) groups excluding carboxylic acids is 2. The van der Waals surface area contributed by atoms with Gasteiger partial charge in [0.2, 0.25) is 0 Å². The molecule has 0 N–H and O–H groups in total. The predicted molar refractivity (Wildman–Crippen MR) is 95.0 cm³/mol. The molecule has 1 aliphatic rings. The summed E-state index contributed by atoms with van der Waals surface area (Å²) in [6, 6.07) is 12.4. The Labute approximate surface area is 146 Å². The fourth-order valence-corrected chi connectivity index (χ4v) is 2.79. The monoisotopic (exact) mass is 337 g/mol. The van der Waals surface area contributed by atoms with Gasteiger partial charge in [-0.05, 0) is 36.8 Å². The van der Waals surface area contributed by atoms with Crippen molar-refractivity contribution in [1.82, 2.24) is 4.90 Å². The Bertz CT molecular complexity index is 806. The first-order valence-electron chi connectivity index (χ1n) is 8.04. The maximum absolute atomic E-state index is 12.3. The maximum atomic E-state index is 12.3. The Balaban J connectivity index is 1.66. The van der Waals surface area contributed by atoms with Crippen molar-refractivity contribution in [2.45, 2.75) is 6.92 Å². The summed E-state index contributed by atoms with van der Waals surface area (Å²) in [6.45, 7) is 2.33. The Morgan fingerprint density at radius 3 is 2.28 bits per heavy atom. The molecule has 0 bridgehead atoms. The van der Waals surface area contributed by atoms with E-state index in [-0.39, 0.29) is 25.0 Å². The number of hydrogen-bond acceptors (Lipinski definition) is 4. The van der Waals surface area contributed by atoms with Crippen LogP contribution in [0.4, 0.5) is 0 Å². The molecule has 0 spiro atoms. The molecular weight excluding hydrogens is 318 g/mol. The number of carbonyl (C=O) groups is 2. The average molecular weight is 337 g/mol. The third-order valence-electron chi connectivity index (χ3n) is 4.00. The highest BCUT2D eigenvalue weighted by molar-refractivity contribution is 6.21. The average Bonchev–Trinajstić information content (AvgIpc) is 2.88. The van der Waals surface area contributed by atoms with Crippen LogP contribution in [0.2, 0.25) is 0 Å². The van der Waals surface area contributed by atoms with Gasteiger partial charge in [0, 0.05) is 0 Å². The van der Waals surface area contributed by atoms with Gasteiger partial charge in [0.15, 0.2) is 11.5 Å². The van der Waals surface area contributed by atoms with Crippen LogP contribution in [-0.4, -0.2) is 37.0 Å². The van der Waals surface area contributed by atoms with Crippen molar-refractivity contribution in [2.24, 2.45) is 0 Å². The number of fused-ring (bicyclic) bond motifs is 1. The first-order valence-corrected chi connectivity index (χ1v) is 8.04. The van der Waals surface area contributed by atoms with E-state index in [4.69, 9.17) is 9.47 Å². The number of hydrogen-bond donors (Lipinski definition) is 0. The summed E-state index contributed by atoms with van der Waals surface area (Å²) < 4.78 is 11.1. The molecule has 2 amide bonds. The van der Waals surface area contributed by atoms with Crippen LogP contribution in [0.5, 0.6) is 11.5 Å². The van der Waals surface area contributed by atoms with E-state index in [9.17, 15) is 9.59 Å². The van der Waals surface area contributed by atoms with Gasteiger partial charge in [-0.15, -0.1) is 0 Å². The van der Waals surface area contributed by atoms with E-state index >= 15 is 0 Å². The second-order valence-corrected chi connectivity index (χ2v) is 5.57. The first-order chi connectivity index (χ1) is 12.2. The molecule has 0 radical (unpaired) electrons. The number of allylic oxidation sites excluding steroid dienone is 1. The molecule has 0 saturated carbocycles. The van der Waals surface area contributed by atoms with Crippen molar-refractivity contribution in [3.8, 4) is 11.5 Å². The lowest BCUT2D eigenvalue weighted by Crippen LogP contribution is -2.33. The highest BCUT2D eigenvalue weighted by Crippen LogP contribution is 2.29. The van der Waals surface area contributed by atoms with Gasteiger partial charge in [0.05, 0.1) is 24.8 Å². The summed E-state index contributed by atoms with van der Waals surface area (Å²) in [7, 11) is 1.58. The largest absolute Gasteiger partial charge is 0.493 e. The molecule has 2 aromatic rings. The van der Waals surface area contributed by atoms with Crippen molar-refractivity contribution in [2.75, 3.05) is 20.3 Å². The summed E-state index contributed by atoms with van der Waals surface area (Å²) in [4.78, 5) is 25.8. The minimum Gasteiger partial charge on any atom is -0.493 e. The molecule has 0 unspecified atom stereocenters. The molecule has 5 heteroatoms. The second kappa shape index (κ2) is 7.21. The number of nitrogens with zero attached hydrogens (tertiary/aromatic N) is 1. The number of imide groups is 1. The molecule has 0 fully saturated rings. The van der Waals surface area contributed by atoms with Gasteiger partial charge in [-0.25, -0.2) is 0 Å². The van der Waals surface area contributed by atoms with Crippen LogP contribution in [0.15, 0.2) is 48.5 Å². The minimum absolute atomic E-state index is 0.187. The van der Waals surface area contributed by atoms with Crippen LogP contribution in [0.1, 0.15) is 33.2 Å². The highest BCUT2D eigenvalue weighted by atomic mass is 16.5. The Morgan fingerprint density at radius 1 is 1.00 bits per heavy atom. The maximum Gasteiger partial charge on any atom is 0.261 e. The number of benzene rings is 2. The minimum atomic E-state index is -0.278. The van der Waals surface area contributed by atoms with Gasteiger partial charge in [-0.2, -0.15) is 0 Å². The van der Waals surface area contributed by atoms with Crippen molar-refractivity contribution in [3.05, 3.63) is 65.2 Å². The summed E-state index contributed by atoms with van der Waals surface area (Å²) in [5, 5.41) is 0. The molecule has 0 aliphatic carbocycles. The van der Waals surface area contributed by atoms with Crippen LogP contribution < -0.4 is 9.47 Å². The number of rotatable bonds is 6. The SMILES string of the molecule is C/C=C/c1ccc(OCCN2C(=O)c3ccccc3C2=O)c(OC)c1. The first kappa shape index (κ1) is 16.8. The fraction of sp³-hybridized carbons (Fsp3) is 0.200. The van der Waals surface area contributed by atoms with Gasteiger partial charge in [0.25, 0.3) is 11.8 Å². The van der Waals surface area contributed by atoms with Crippen molar-refractivity contribution in [1.29, 1.82) is 0 Å². The molecule has 128 valence electrons. The molecule has 0 atom stereocenters. The smallest absolute Gasteiger partial charge is 0.261 e. The van der Waals surface area contributed by atoms with Crippen LogP contribution in [0.25, 0.3) is 6.08 Å². The lowest BCUT2D eigenvalue weighted by molar-refractivity contribution is 0.0631. The fourth-order valence-electron chi connectivity index (χ4n) is 2.79. The lowest BCUT2D eigenvalue weighted by atomic mass is 10.1. The third-order valence-corrected chi connectivity index (χ3v) is 4.00. The third kappa shape index (κ3) is 3.26. The standard InChI is InChI=1S/C20H19NO4/c1-3-6-14-9-10-17(18(13-14)24-2)25-12-11-21-19(22)15-7-4-5-8-16(15)20(21)23/h3-10,13H,11-12H2,1-2H3/b6-3+. The summed E-state index contributed by atoms with van der Waals surface area (Å²) in [5.74, 6) is 0.629. The molecular formula is C20H19NO4. The van der Waals surface area contributed by atoms with E-state index in [1.807, 2.05) is 37.3 Å². The summed E-state index contributed by atoms with van der Waals surface area (Å²) >= 11 is 0. The van der Waals surface area contributed by atoms with E-state index < -0.39 is 0 Å². The summed E-state index contributed by atoms with van der Waals surface area (Å²) in [5.41, 5.74) is 1.90. The molecule has 25 heavy (non-hydrogen) atoms. The van der Waals surface area contributed by atoms with Gasteiger partial charge < -0.3 is 9.47 Å². The zero-order chi connectivity index (χ0) is 17.8. The predicted octanol–water partition coefficient (Wildman–Crippen LogP) is 3.40. The topological polar surface area (TPSA) is 55.8 Å². The molecule has 1 aliphatic heterocycles. The van der Waals surface area contributed by atoms with E-state index in [1.54, 1.807) is 31.4 Å². The van der Waals surface area contributed by atoms with Gasteiger partial charge in [-0.3, -0.25) is 14.5 Å². The van der Waals surface area contributed by atoms with Crippen LogP contribution in [0, 0.1) is 0 Å². The molecule has 3 rings (SSSR count). The van der Waals surface area contributed by atoms with E-state index in [0.29, 0.717) is 22.6 Å². The van der Waals surface area contributed by atoms with Crippen molar-refractivity contribution in [3.63, 3.8) is 0 Å². The van der Waals surface area contributed by atoms with E-state index in [2.05, 4.69) is 0 Å². The molecule has 1 heterocycles. The number of ether oxygens (including phenoxy) is 2. The molecule has 5 nitrogen and oxygen atoms in total. The summed E-state index contributed by atoms with van der Waals surface area (Å²) in [6.07, 6.45) is 3.91. The van der Waals surface area contributed by atoms with E-state index in [0.717, 1.165) is 5.56 Å². The van der Waals surface area contributed by atoms with Crippen molar-refractivity contribution >= 4 is 17.9 Å². The highest BCUT2D eigenvalue weighted by Gasteiger charge is 2.34. The van der Waals surface area contributed by atoms with Gasteiger partial charge in [0.1, 0.15) is 6.61 Å². The molecule has 2 aromatic carbocycles. The van der Waals surface area contributed by atoms with Crippen LogP contribution in [-0.2, 0) is 0 Å². The second-order valence-electron chi connectivity index (χ2n) is 5.57. The Kier molecular flexibility index (Phi) is 4.84. The van der Waals surface area contributed by atoms with Crippen LogP contribution >= 0.6 is 0 Å². The van der Waals surface area contributed by atoms with Crippen molar-refractivity contribution < 1.29 is 19.1 Å². The zero-order valence-electron chi connectivity index (χ0n) is 14.2. The Morgan fingerprint density at radius 2 is 1.68 bits per heavy atom. The quantitative estimate of drug-likeness (QED) is 0.758. The Hall–Kier alpha value is -3.08. The van der Waals surface area contributed by atoms with Gasteiger partial charge in [-0.1, -0.05) is 30.4 Å². The molecule has 0 aromatic heterocycles. The normalized spacial score (nSPS) is 13.4. The van der Waals surface area contributed by atoms with Gasteiger partial charge >= 0.3 is 0 Å². The zero-order valence-corrected chi connectivity index (χ0v) is 14.2. The molecule has 0 saturated heterocycles.